The minimum absolute atomic E-state index is 0.0886. The van der Waals surface area contributed by atoms with Gasteiger partial charge in [0, 0.05) is 11.9 Å². The van der Waals surface area contributed by atoms with Crippen LogP contribution in [0.1, 0.15) is 36.9 Å². The highest BCUT2D eigenvalue weighted by Crippen LogP contribution is 2.34. The van der Waals surface area contributed by atoms with E-state index in [0.29, 0.717) is 16.9 Å². The average Bonchev–Trinajstić information content (AvgIpc) is 3.18. The number of pyridine rings is 1. The Morgan fingerprint density at radius 3 is 2.70 bits per heavy atom. The molecule has 27 heavy (non-hydrogen) atoms. The van der Waals surface area contributed by atoms with Gasteiger partial charge in [0.1, 0.15) is 11.4 Å². The van der Waals surface area contributed by atoms with E-state index in [1.54, 1.807) is 25.3 Å². The Kier molecular flexibility index (Phi) is 3.97. The number of aryl methyl sites for hydroxylation is 1. The van der Waals surface area contributed by atoms with Crippen LogP contribution in [0.3, 0.4) is 0 Å². The van der Waals surface area contributed by atoms with Crippen molar-refractivity contribution in [2.24, 2.45) is 0 Å². The highest BCUT2D eigenvalue weighted by Gasteiger charge is 2.38. The molecular weight excluding hydrogens is 370 g/mol. The van der Waals surface area contributed by atoms with E-state index in [0.717, 1.165) is 4.90 Å². The highest BCUT2D eigenvalue weighted by atomic mass is 35.5. The maximum absolute atomic E-state index is 12.5. The Hall–Kier alpha value is -3.52. The summed E-state index contributed by atoms with van der Waals surface area (Å²) in [7, 11) is 0. The van der Waals surface area contributed by atoms with Gasteiger partial charge < -0.3 is 5.32 Å². The second-order valence-corrected chi connectivity index (χ2v) is 6.30. The van der Waals surface area contributed by atoms with E-state index in [4.69, 9.17) is 11.6 Å². The van der Waals surface area contributed by atoms with Crippen molar-refractivity contribution in [2.45, 2.75) is 6.92 Å². The largest absolute Gasteiger partial charge is 0.321 e. The Morgan fingerprint density at radius 1 is 1.22 bits per heavy atom. The number of rotatable bonds is 3. The lowest BCUT2D eigenvalue weighted by Gasteiger charge is -2.16. The van der Waals surface area contributed by atoms with Crippen LogP contribution in [0.4, 0.5) is 11.4 Å². The first-order valence-corrected chi connectivity index (χ1v) is 8.30. The summed E-state index contributed by atoms with van der Waals surface area (Å²) in [5, 5.41) is 9.25. The number of hydrogen-bond donors (Lipinski definition) is 2. The molecule has 0 atom stereocenters. The lowest BCUT2D eigenvalue weighted by Crippen LogP contribution is -2.29. The van der Waals surface area contributed by atoms with Crippen molar-refractivity contribution >= 4 is 40.7 Å². The Labute approximate surface area is 158 Å². The fourth-order valence-corrected chi connectivity index (χ4v) is 3.09. The summed E-state index contributed by atoms with van der Waals surface area (Å²) in [6, 6.07) is 7.65. The van der Waals surface area contributed by atoms with Crippen LogP contribution in [0.15, 0.2) is 42.7 Å². The molecule has 0 unspecified atom stereocenters. The first kappa shape index (κ1) is 16.9. The molecule has 0 saturated carbocycles. The minimum Gasteiger partial charge on any atom is -0.321 e. The zero-order valence-electron chi connectivity index (χ0n) is 14.0. The monoisotopic (exact) mass is 381 g/mol. The van der Waals surface area contributed by atoms with Crippen LogP contribution in [0.25, 0.3) is 0 Å². The third-order valence-corrected chi connectivity index (χ3v) is 4.45. The predicted molar refractivity (Wildman–Crippen MR) is 98.1 cm³/mol. The fraction of sp³-hybridized carbons (Fsp3) is 0.0556. The number of anilines is 2. The van der Waals surface area contributed by atoms with Crippen LogP contribution in [0, 0.1) is 6.92 Å². The van der Waals surface area contributed by atoms with Crippen LogP contribution < -0.4 is 10.2 Å². The van der Waals surface area contributed by atoms with Gasteiger partial charge in [-0.15, -0.1) is 0 Å². The quantitative estimate of drug-likeness (QED) is 0.678. The van der Waals surface area contributed by atoms with E-state index in [-0.39, 0.29) is 27.9 Å². The van der Waals surface area contributed by atoms with Crippen molar-refractivity contribution < 1.29 is 14.4 Å². The molecule has 8 nitrogen and oxygen atoms in total. The average molecular weight is 382 g/mol. The Balaban J connectivity index is 1.62. The zero-order valence-corrected chi connectivity index (χ0v) is 14.7. The molecule has 134 valence electrons. The fourth-order valence-electron chi connectivity index (χ4n) is 2.82. The molecule has 1 aliphatic heterocycles. The minimum atomic E-state index is -0.539. The molecule has 0 radical (unpaired) electrons. The van der Waals surface area contributed by atoms with Gasteiger partial charge in [0.05, 0.1) is 22.5 Å². The normalized spacial score (nSPS) is 13.0. The summed E-state index contributed by atoms with van der Waals surface area (Å²) >= 11 is 6.28. The number of hydrogen-bond acceptors (Lipinski definition) is 5. The number of halogens is 1. The second-order valence-electron chi connectivity index (χ2n) is 5.89. The van der Waals surface area contributed by atoms with Gasteiger partial charge in [-0.05, 0) is 42.8 Å². The number of imide groups is 1. The number of benzene rings is 1. The summed E-state index contributed by atoms with van der Waals surface area (Å²) in [4.78, 5) is 42.3. The maximum atomic E-state index is 12.5. The third kappa shape index (κ3) is 2.76. The number of carbonyl (C=O) groups is 3. The van der Waals surface area contributed by atoms with Crippen LogP contribution in [0.5, 0.6) is 0 Å². The van der Waals surface area contributed by atoms with E-state index in [9.17, 15) is 14.4 Å². The SMILES string of the molecule is Cc1cn[nH]c1C(=O)Nc1ccc(N2C(=O)c3cccnc3C2=O)c(Cl)c1. The summed E-state index contributed by atoms with van der Waals surface area (Å²) < 4.78 is 0. The number of aromatic nitrogens is 3. The Morgan fingerprint density at radius 2 is 2.04 bits per heavy atom. The van der Waals surface area contributed by atoms with Crippen molar-refractivity contribution in [3.8, 4) is 0 Å². The van der Waals surface area contributed by atoms with Crippen molar-refractivity contribution in [1.29, 1.82) is 0 Å². The topological polar surface area (TPSA) is 108 Å². The first-order valence-electron chi connectivity index (χ1n) is 7.92. The molecule has 2 N–H and O–H groups in total. The molecule has 9 heteroatoms. The van der Waals surface area contributed by atoms with Gasteiger partial charge in [-0.1, -0.05) is 11.6 Å². The number of carbonyl (C=O) groups excluding carboxylic acids is 3. The molecule has 3 aromatic rings. The van der Waals surface area contributed by atoms with E-state index < -0.39 is 11.8 Å². The standard InChI is InChI=1S/C18H12ClN5O3/c1-9-8-21-23-14(9)16(25)22-10-4-5-13(12(19)7-10)24-17(26)11-3-2-6-20-15(11)18(24)27/h2-8H,1H3,(H,21,23)(H,22,25). The molecule has 0 aliphatic carbocycles. The molecule has 3 amide bonds. The number of nitrogens with one attached hydrogen (secondary N) is 2. The van der Waals surface area contributed by atoms with Gasteiger partial charge in [-0.25, -0.2) is 4.90 Å². The second kappa shape index (κ2) is 6.33. The van der Waals surface area contributed by atoms with Crippen molar-refractivity contribution in [2.75, 3.05) is 10.2 Å². The number of nitrogens with zero attached hydrogens (tertiary/aromatic N) is 3. The van der Waals surface area contributed by atoms with Crippen LogP contribution in [-0.2, 0) is 0 Å². The van der Waals surface area contributed by atoms with Gasteiger partial charge in [0.25, 0.3) is 17.7 Å². The van der Waals surface area contributed by atoms with Crippen molar-refractivity contribution in [3.63, 3.8) is 0 Å². The van der Waals surface area contributed by atoms with E-state index >= 15 is 0 Å². The molecule has 0 saturated heterocycles. The van der Waals surface area contributed by atoms with Crippen molar-refractivity contribution in [3.05, 3.63) is 70.3 Å². The van der Waals surface area contributed by atoms with Crippen LogP contribution >= 0.6 is 11.6 Å². The lowest BCUT2D eigenvalue weighted by molar-refractivity contribution is 0.0923. The third-order valence-electron chi connectivity index (χ3n) is 4.15. The van der Waals surface area contributed by atoms with Gasteiger partial charge in [-0.3, -0.25) is 24.5 Å². The first-order chi connectivity index (χ1) is 13.0. The Bertz CT molecular complexity index is 1070. The van der Waals surface area contributed by atoms with Gasteiger partial charge in [0.2, 0.25) is 0 Å². The molecule has 0 fully saturated rings. The van der Waals surface area contributed by atoms with Gasteiger partial charge >= 0.3 is 0 Å². The van der Waals surface area contributed by atoms with Crippen LogP contribution in [-0.4, -0.2) is 32.9 Å². The van der Waals surface area contributed by atoms with E-state index in [2.05, 4.69) is 20.5 Å². The molecule has 1 aromatic carbocycles. The lowest BCUT2D eigenvalue weighted by atomic mass is 10.2. The molecule has 3 heterocycles. The summed E-state index contributed by atoms with van der Waals surface area (Å²) in [6.07, 6.45) is 2.99. The van der Waals surface area contributed by atoms with Gasteiger partial charge in [0.15, 0.2) is 0 Å². The summed E-state index contributed by atoms with van der Waals surface area (Å²) in [5.41, 5.74) is 1.99. The smallest absolute Gasteiger partial charge is 0.284 e. The summed E-state index contributed by atoms with van der Waals surface area (Å²) in [5.74, 6) is -1.41. The number of amides is 3. The van der Waals surface area contributed by atoms with Gasteiger partial charge in [-0.2, -0.15) is 5.10 Å². The van der Waals surface area contributed by atoms with E-state index in [1.165, 1.54) is 24.4 Å². The van der Waals surface area contributed by atoms with Crippen molar-refractivity contribution in [1.82, 2.24) is 15.2 Å². The molecule has 0 bridgehead atoms. The molecule has 1 aliphatic rings. The zero-order chi connectivity index (χ0) is 19.1. The van der Waals surface area contributed by atoms with Crippen LogP contribution in [0.2, 0.25) is 5.02 Å². The number of aromatic amines is 1. The maximum Gasteiger partial charge on any atom is 0.284 e. The molecule has 0 spiro atoms. The molecule has 2 aromatic heterocycles. The number of fused-ring (bicyclic) bond motifs is 1. The number of H-pyrrole nitrogens is 1. The van der Waals surface area contributed by atoms with E-state index in [1.807, 2.05) is 0 Å². The highest BCUT2D eigenvalue weighted by molar-refractivity contribution is 6.39. The summed E-state index contributed by atoms with van der Waals surface area (Å²) in [6.45, 7) is 1.75. The predicted octanol–water partition coefficient (Wildman–Crippen LogP) is 2.82. The molecule has 4 rings (SSSR count). The molecular formula is C18H12ClN5O3.